The van der Waals surface area contributed by atoms with Crippen molar-refractivity contribution < 1.29 is 19.1 Å². The standard InChI is InChI=1S/C26H32N2O4.ClH/c1-31-23-8-5-6-18(26(23)32-2)11-14-27-13-4-3-7-22(29)21-16-19-9-10-24(30)28-15-12-20(17-21)25(19)28;/h5-6,8,16-17,27H,3-4,7,9-15H2,1-2H3;1H. The van der Waals surface area contributed by atoms with Crippen molar-refractivity contribution in [2.45, 2.75) is 44.9 Å². The maximum Gasteiger partial charge on any atom is 0.227 e. The number of methoxy groups -OCH3 is 2. The molecule has 1 N–H and O–H groups in total. The van der Waals surface area contributed by atoms with Crippen LogP contribution in [0.4, 0.5) is 5.69 Å². The van der Waals surface area contributed by atoms with Crippen molar-refractivity contribution in [2.75, 3.05) is 38.8 Å². The van der Waals surface area contributed by atoms with Crippen molar-refractivity contribution in [3.8, 4) is 11.5 Å². The summed E-state index contributed by atoms with van der Waals surface area (Å²) in [6, 6.07) is 9.97. The molecule has 0 spiro atoms. The number of rotatable bonds is 11. The summed E-state index contributed by atoms with van der Waals surface area (Å²) in [6.07, 6.45) is 5.41. The number of halogens is 1. The first-order valence-electron chi connectivity index (χ1n) is 11.5. The number of aryl methyl sites for hydroxylation is 1. The lowest BCUT2D eigenvalue weighted by molar-refractivity contribution is -0.118. The van der Waals surface area contributed by atoms with E-state index in [1.807, 2.05) is 29.2 Å². The highest BCUT2D eigenvalue weighted by Gasteiger charge is 2.31. The van der Waals surface area contributed by atoms with E-state index in [9.17, 15) is 9.59 Å². The van der Waals surface area contributed by atoms with Crippen molar-refractivity contribution in [1.29, 1.82) is 0 Å². The minimum atomic E-state index is 0. The van der Waals surface area contributed by atoms with Gasteiger partial charge in [-0.15, -0.1) is 12.4 Å². The predicted molar refractivity (Wildman–Crippen MR) is 132 cm³/mol. The molecule has 0 fully saturated rings. The lowest BCUT2D eigenvalue weighted by atomic mass is 9.94. The molecule has 2 heterocycles. The Hall–Kier alpha value is -2.57. The summed E-state index contributed by atoms with van der Waals surface area (Å²) in [6.45, 7) is 2.49. The van der Waals surface area contributed by atoms with Crippen LogP contribution in [0.5, 0.6) is 11.5 Å². The molecule has 2 aromatic rings. The number of unbranched alkanes of at least 4 members (excludes halogenated alkanes) is 1. The van der Waals surface area contributed by atoms with Crippen LogP contribution in [0, 0.1) is 0 Å². The highest BCUT2D eigenvalue weighted by atomic mass is 35.5. The maximum atomic E-state index is 12.8. The lowest BCUT2D eigenvalue weighted by Crippen LogP contribution is -2.32. The number of Topliss-reactive ketones (excluding diaryl/α,β-unsaturated/α-hetero) is 1. The average molecular weight is 473 g/mol. The zero-order valence-electron chi connectivity index (χ0n) is 19.4. The molecular weight excluding hydrogens is 440 g/mol. The molecule has 2 aliphatic rings. The first-order chi connectivity index (χ1) is 15.6. The third-order valence-corrected chi connectivity index (χ3v) is 6.44. The number of amides is 1. The Kier molecular flexibility index (Phi) is 8.75. The molecule has 178 valence electrons. The molecule has 2 aromatic carbocycles. The number of carbonyl (C=O) groups is 2. The Labute approximate surface area is 202 Å². The van der Waals surface area contributed by atoms with Crippen molar-refractivity contribution in [2.24, 2.45) is 0 Å². The van der Waals surface area contributed by atoms with Gasteiger partial charge in [-0.25, -0.2) is 0 Å². The second-order valence-corrected chi connectivity index (χ2v) is 8.47. The number of hydrogen-bond donors (Lipinski definition) is 1. The van der Waals surface area contributed by atoms with E-state index in [2.05, 4.69) is 11.4 Å². The van der Waals surface area contributed by atoms with Gasteiger partial charge in [-0.05, 0) is 80.1 Å². The number of ether oxygens (including phenoxy) is 2. The molecule has 0 bridgehead atoms. The minimum Gasteiger partial charge on any atom is -0.493 e. The summed E-state index contributed by atoms with van der Waals surface area (Å²) in [5.41, 5.74) is 5.34. The number of ketones is 1. The van der Waals surface area contributed by atoms with E-state index in [4.69, 9.17) is 9.47 Å². The van der Waals surface area contributed by atoms with Crippen LogP contribution < -0.4 is 19.7 Å². The number of benzene rings is 2. The van der Waals surface area contributed by atoms with E-state index in [1.165, 1.54) is 0 Å². The highest BCUT2D eigenvalue weighted by molar-refractivity contribution is 6.02. The summed E-state index contributed by atoms with van der Waals surface area (Å²) >= 11 is 0. The van der Waals surface area contributed by atoms with Crippen LogP contribution in [-0.4, -0.2) is 45.5 Å². The van der Waals surface area contributed by atoms with Crippen LogP contribution in [0.15, 0.2) is 30.3 Å². The molecule has 0 radical (unpaired) electrons. The van der Waals surface area contributed by atoms with Crippen LogP contribution in [-0.2, 0) is 24.1 Å². The molecule has 2 aliphatic heterocycles. The molecule has 0 unspecified atom stereocenters. The third-order valence-electron chi connectivity index (χ3n) is 6.44. The Bertz CT molecular complexity index is 1010. The van der Waals surface area contributed by atoms with Gasteiger partial charge in [-0.2, -0.15) is 0 Å². The van der Waals surface area contributed by atoms with Gasteiger partial charge < -0.3 is 19.7 Å². The quantitative estimate of drug-likeness (QED) is 0.393. The number of carbonyl (C=O) groups excluding carboxylic acids is 2. The molecule has 0 aromatic heterocycles. The zero-order valence-corrected chi connectivity index (χ0v) is 20.3. The molecule has 33 heavy (non-hydrogen) atoms. The van der Waals surface area contributed by atoms with Gasteiger partial charge in [-0.1, -0.05) is 12.1 Å². The molecule has 4 rings (SSSR count). The van der Waals surface area contributed by atoms with E-state index in [-0.39, 0.29) is 24.1 Å². The third kappa shape index (κ3) is 5.50. The van der Waals surface area contributed by atoms with Crippen molar-refractivity contribution in [3.05, 3.63) is 52.6 Å². The topological polar surface area (TPSA) is 67.9 Å². The molecule has 7 heteroatoms. The fraction of sp³-hybridized carbons (Fsp3) is 0.462. The van der Waals surface area contributed by atoms with E-state index in [0.717, 1.165) is 91.2 Å². The second kappa shape index (κ2) is 11.5. The smallest absolute Gasteiger partial charge is 0.227 e. The highest BCUT2D eigenvalue weighted by Crippen LogP contribution is 2.37. The van der Waals surface area contributed by atoms with Crippen LogP contribution in [0.3, 0.4) is 0 Å². The van der Waals surface area contributed by atoms with Gasteiger partial charge >= 0.3 is 0 Å². The summed E-state index contributed by atoms with van der Waals surface area (Å²) in [5.74, 6) is 1.97. The molecule has 0 saturated carbocycles. The van der Waals surface area contributed by atoms with E-state index in [0.29, 0.717) is 12.8 Å². The minimum absolute atomic E-state index is 0. The second-order valence-electron chi connectivity index (χ2n) is 8.47. The van der Waals surface area contributed by atoms with Gasteiger partial charge in [0.2, 0.25) is 5.91 Å². The fourth-order valence-electron chi connectivity index (χ4n) is 4.80. The summed E-state index contributed by atoms with van der Waals surface area (Å²) < 4.78 is 10.8. The van der Waals surface area contributed by atoms with E-state index in [1.54, 1.807) is 14.2 Å². The summed E-state index contributed by atoms with van der Waals surface area (Å²) in [7, 11) is 3.31. The van der Waals surface area contributed by atoms with Gasteiger partial charge in [0.05, 0.1) is 19.9 Å². The molecule has 1 amide bonds. The number of para-hydroxylation sites is 1. The van der Waals surface area contributed by atoms with Crippen LogP contribution in [0.2, 0.25) is 0 Å². The number of nitrogens with one attached hydrogen (secondary N) is 1. The monoisotopic (exact) mass is 472 g/mol. The van der Waals surface area contributed by atoms with E-state index < -0.39 is 0 Å². The Morgan fingerprint density at radius 2 is 1.82 bits per heavy atom. The fourth-order valence-corrected chi connectivity index (χ4v) is 4.80. The first-order valence-corrected chi connectivity index (χ1v) is 11.5. The molecule has 6 nitrogen and oxygen atoms in total. The SMILES string of the molecule is COc1cccc(CCNCCCCC(=O)c2cc3c4c(c2)CCN4C(=O)CC3)c1OC.Cl. The van der Waals surface area contributed by atoms with Crippen molar-refractivity contribution in [3.63, 3.8) is 0 Å². The largest absolute Gasteiger partial charge is 0.493 e. The van der Waals surface area contributed by atoms with Crippen LogP contribution in [0.1, 0.15) is 52.7 Å². The van der Waals surface area contributed by atoms with Gasteiger partial charge in [0.15, 0.2) is 17.3 Å². The van der Waals surface area contributed by atoms with Gasteiger partial charge in [0.25, 0.3) is 0 Å². The van der Waals surface area contributed by atoms with Crippen LogP contribution in [0.25, 0.3) is 0 Å². The Balaban J connectivity index is 0.00000306. The van der Waals surface area contributed by atoms with Crippen molar-refractivity contribution >= 4 is 29.8 Å². The number of nitrogens with zero attached hydrogens (tertiary/aromatic N) is 1. The normalized spacial score (nSPS) is 14.0. The summed E-state index contributed by atoms with van der Waals surface area (Å²) in [5, 5.41) is 3.46. The molecule has 0 atom stereocenters. The van der Waals surface area contributed by atoms with Gasteiger partial charge in [0, 0.05) is 24.9 Å². The van der Waals surface area contributed by atoms with Gasteiger partial charge in [0.1, 0.15) is 0 Å². The van der Waals surface area contributed by atoms with Crippen LogP contribution >= 0.6 is 12.4 Å². The predicted octanol–water partition coefficient (Wildman–Crippen LogP) is 4.15. The number of hydrogen-bond acceptors (Lipinski definition) is 5. The number of anilines is 1. The van der Waals surface area contributed by atoms with Gasteiger partial charge in [-0.3, -0.25) is 9.59 Å². The molecular formula is C26H33ClN2O4. The average Bonchev–Trinajstić information content (AvgIpc) is 3.25. The lowest BCUT2D eigenvalue weighted by Gasteiger charge is -2.25. The molecule has 0 saturated heterocycles. The zero-order chi connectivity index (χ0) is 22.5. The summed E-state index contributed by atoms with van der Waals surface area (Å²) in [4.78, 5) is 26.7. The van der Waals surface area contributed by atoms with E-state index >= 15 is 0 Å². The Morgan fingerprint density at radius 1 is 1.03 bits per heavy atom. The Morgan fingerprint density at radius 3 is 2.58 bits per heavy atom. The molecule has 0 aliphatic carbocycles. The first kappa shape index (κ1) is 25.1. The van der Waals surface area contributed by atoms with Crippen molar-refractivity contribution in [1.82, 2.24) is 5.32 Å². The maximum absolute atomic E-state index is 12.8.